The number of nitrogens with zero attached hydrogens (tertiary/aromatic N) is 5. The lowest BCUT2D eigenvalue weighted by atomic mass is 10.2. The van der Waals surface area contributed by atoms with E-state index in [1.54, 1.807) is 33.8 Å². The van der Waals surface area contributed by atoms with Crippen molar-refractivity contribution in [2.24, 2.45) is 0 Å². The molecule has 4 heterocycles. The van der Waals surface area contributed by atoms with E-state index in [4.69, 9.17) is 13.9 Å². The molecule has 162 valence electrons. The Bertz CT molecular complexity index is 1110. The number of morpholine rings is 1. The molecule has 0 spiro atoms. The quantitative estimate of drug-likeness (QED) is 0.679. The molecule has 1 aliphatic heterocycles. The fourth-order valence-electron chi connectivity index (χ4n) is 3.27. The molecule has 0 saturated carbocycles. The normalized spacial score (nSPS) is 16.8. The monoisotopic (exact) mass is 424 g/mol. The first-order chi connectivity index (χ1) is 14.8. The van der Waals surface area contributed by atoms with Crippen molar-refractivity contribution in [1.29, 1.82) is 5.26 Å². The Morgan fingerprint density at radius 3 is 2.97 bits per heavy atom. The number of furan rings is 1. The summed E-state index contributed by atoms with van der Waals surface area (Å²) in [7, 11) is 0. The van der Waals surface area contributed by atoms with Crippen LogP contribution in [0.25, 0.3) is 17.1 Å². The minimum Gasteiger partial charge on any atom is -0.463 e. The van der Waals surface area contributed by atoms with Crippen LogP contribution in [0.3, 0.4) is 0 Å². The number of hydrogen-bond acceptors (Lipinski definition) is 8. The zero-order valence-electron chi connectivity index (χ0n) is 17.7. The van der Waals surface area contributed by atoms with Gasteiger partial charge in [-0.25, -0.2) is 14.3 Å². The highest BCUT2D eigenvalue weighted by atomic mass is 16.6. The predicted octanol–water partition coefficient (Wildman–Crippen LogP) is 2.91. The van der Waals surface area contributed by atoms with Gasteiger partial charge in [-0.1, -0.05) is 0 Å². The summed E-state index contributed by atoms with van der Waals surface area (Å²) in [6.45, 7) is 7.32. The first-order valence-electron chi connectivity index (χ1n) is 10.0. The van der Waals surface area contributed by atoms with Crippen LogP contribution < -0.4 is 5.32 Å². The maximum absolute atomic E-state index is 12.3. The average Bonchev–Trinajstić information content (AvgIpc) is 3.38. The molecule has 0 bridgehead atoms. The van der Waals surface area contributed by atoms with E-state index in [1.165, 1.54) is 6.26 Å². The topological polar surface area (TPSA) is 118 Å². The summed E-state index contributed by atoms with van der Waals surface area (Å²) < 4.78 is 18.1. The third kappa shape index (κ3) is 4.62. The van der Waals surface area contributed by atoms with Crippen LogP contribution in [-0.2, 0) is 9.47 Å². The van der Waals surface area contributed by atoms with Gasteiger partial charge in [0.1, 0.15) is 28.7 Å². The number of nitriles is 1. The van der Waals surface area contributed by atoms with Gasteiger partial charge in [0, 0.05) is 19.3 Å². The van der Waals surface area contributed by atoms with Gasteiger partial charge in [-0.3, -0.25) is 0 Å². The molecule has 31 heavy (non-hydrogen) atoms. The molecule has 1 aliphatic rings. The van der Waals surface area contributed by atoms with Gasteiger partial charge in [0.15, 0.2) is 11.4 Å². The minimum atomic E-state index is -0.541. The summed E-state index contributed by atoms with van der Waals surface area (Å²) in [6, 6.07) is 7.42. The van der Waals surface area contributed by atoms with Crippen molar-refractivity contribution in [3.63, 3.8) is 0 Å². The molecule has 1 fully saturated rings. The van der Waals surface area contributed by atoms with Gasteiger partial charge in [0.2, 0.25) is 0 Å². The molecule has 0 aromatic carbocycles. The Kier molecular flexibility index (Phi) is 5.52. The molecule has 1 atom stereocenters. The van der Waals surface area contributed by atoms with Crippen LogP contribution in [0, 0.1) is 11.3 Å². The number of amides is 1. The van der Waals surface area contributed by atoms with Gasteiger partial charge in [-0.2, -0.15) is 10.4 Å². The number of nitrogens with one attached hydrogen (secondary N) is 1. The summed E-state index contributed by atoms with van der Waals surface area (Å²) in [6.07, 6.45) is 2.71. The first-order valence-corrected chi connectivity index (χ1v) is 10.0. The first kappa shape index (κ1) is 20.7. The zero-order chi connectivity index (χ0) is 22.0. The fraction of sp³-hybridized carbons (Fsp3) is 0.429. The van der Waals surface area contributed by atoms with Crippen molar-refractivity contribution in [1.82, 2.24) is 19.5 Å². The highest BCUT2D eigenvalue weighted by molar-refractivity contribution is 5.73. The van der Waals surface area contributed by atoms with Gasteiger partial charge >= 0.3 is 6.09 Å². The molecule has 1 N–H and O–H groups in total. The molecule has 10 heteroatoms. The molecule has 10 nitrogen and oxygen atoms in total. The summed E-state index contributed by atoms with van der Waals surface area (Å²) in [5, 5.41) is 17.2. The summed E-state index contributed by atoms with van der Waals surface area (Å²) in [5.74, 6) is 1.09. The van der Waals surface area contributed by atoms with Gasteiger partial charge in [-0.15, -0.1) is 0 Å². The Hall–Kier alpha value is -3.58. The summed E-state index contributed by atoms with van der Waals surface area (Å²) >= 11 is 0. The van der Waals surface area contributed by atoms with Crippen LogP contribution in [0.5, 0.6) is 0 Å². The van der Waals surface area contributed by atoms with E-state index in [0.717, 1.165) is 0 Å². The van der Waals surface area contributed by atoms with Gasteiger partial charge in [-0.05, 0) is 39.0 Å². The van der Waals surface area contributed by atoms with Crippen LogP contribution in [0.1, 0.15) is 26.3 Å². The van der Waals surface area contributed by atoms with E-state index in [1.807, 2.05) is 20.8 Å². The third-order valence-electron chi connectivity index (χ3n) is 4.65. The Labute approximate surface area is 179 Å². The lowest BCUT2D eigenvalue weighted by molar-refractivity contribution is -0.0371. The second-order valence-electron chi connectivity index (χ2n) is 8.19. The highest BCUT2D eigenvalue weighted by Gasteiger charge is 2.28. The number of ether oxygens (including phenoxy) is 2. The van der Waals surface area contributed by atoms with Crippen LogP contribution in [0.2, 0.25) is 0 Å². The van der Waals surface area contributed by atoms with E-state index in [-0.39, 0.29) is 12.2 Å². The smallest absolute Gasteiger partial charge is 0.410 e. The highest BCUT2D eigenvalue weighted by Crippen LogP contribution is 2.25. The molecular weight excluding hydrogens is 400 g/mol. The van der Waals surface area contributed by atoms with Gasteiger partial charge < -0.3 is 24.1 Å². The second kappa shape index (κ2) is 8.28. The lowest BCUT2D eigenvalue weighted by Gasteiger charge is -2.34. The second-order valence-corrected chi connectivity index (χ2v) is 8.19. The Morgan fingerprint density at radius 2 is 2.26 bits per heavy atom. The molecule has 0 radical (unpaired) electrons. The van der Waals surface area contributed by atoms with E-state index in [2.05, 4.69) is 21.5 Å². The molecule has 0 aliphatic carbocycles. The molecule has 3 aromatic rings. The number of carbonyl (C=O) groups is 1. The van der Waals surface area contributed by atoms with Crippen LogP contribution in [-0.4, -0.2) is 63.5 Å². The van der Waals surface area contributed by atoms with E-state index < -0.39 is 5.60 Å². The van der Waals surface area contributed by atoms with Crippen molar-refractivity contribution in [3.8, 4) is 17.5 Å². The average molecular weight is 424 g/mol. The van der Waals surface area contributed by atoms with Crippen LogP contribution in [0.4, 0.5) is 10.6 Å². The van der Waals surface area contributed by atoms with Crippen LogP contribution >= 0.6 is 0 Å². The minimum absolute atomic E-state index is 0.210. The van der Waals surface area contributed by atoms with Crippen molar-refractivity contribution in [3.05, 3.63) is 36.2 Å². The molecule has 0 unspecified atom stereocenters. The van der Waals surface area contributed by atoms with Crippen molar-refractivity contribution >= 4 is 17.6 Å². The zero-order valence-corrected chi connectivity index (χ0v) is 17.7. The molecule has 4 rings (SSSR count). The van der Waals surface area contributed by atoms with E-state index in [0.29, 0.717) is 54.7 Å². The van der Waals surface area contributed by atoms with Crippen molar-refractivity contribution in [2.45, 2.75) is 32.5 Å². The lowest BCUT2D eigenvalue weighted by Crippen LogP contribution is -2.49. The molecule has 3 aromatic heterocycles. The number of fused-ring (bicyclic) bond motifs is 1. The SMILES string of the molecule is CC(C)(C)OC(=O)N1CCO[C@@H](CNc2ccn3nc(-c4ccco4)c(C#N)c3n2)C1. The maximum Gasteiger partial charge on any atom is 0.410 e. The van der Waals surface area contributed by atoms with Crippen LogP contribution in [0.15, 0.2) is 35.1 Å². The number of carbonyl (C=O) groups excluding carboxylic acids is 1. The maximum atomic E-state index is 12.3. The summed E-state index contributed by atoms with van der Waals surface area (Å²) in [4.78, 5) is 18.5. The van der Waals surface area contributed by atoms with E-state index >= 15 is 0 Å². The number of aromatic nitrogens is 3. The summed E-state index contributed by atoms with van der Waals surface area (Å²) in [5.41, 5.74) is 0.670. The standard InChI is InChI=1S/C21H24N6O4/c1-21(2,3)31-20(28)26-8-10-29-14(13-26)12-23-17-6-7-27-19(24-17)15(11-22)18(25-27)16-5-4-9-30-16/h4-7,9,14H,8,10,12-13H2,1-3H3,(H,23,24)/t14-/m0/s1. The van der Waals surface area contributed by atoms with Crippen molar-refractivity contribution < 1.29 is 18.7 Å². The van der Waals surface area contributed by atoms with Gasteiger partial charge in [0.05, 0.1) is 25.5 Å². The van der Waals surface area contributed by atoms with Gasteiger partial charge in [0.25, 0.3) is 0 Å². The number of rotatable bonds is 4. The van der Waals surface area contributed by atoms with Crippen molar-refractivity contribution in [2.75, 3.05) is 31.6 Å². The molecule has 1 saturated heterocycles. The fourth-order valence-corrected chi connectivity index (χ4v) is 3.27. The molecule has 1 amide bonds. The Balaban J connectivity index is 1.44. The number of anilines is 1. The Morgan fingerprint density at radius 1 is 1.42 bits per heavy atom. The van der Waals surface area contributed by atoms with E-state index in [9.17, 15) is 10.1 Å². The largest absolute Gasteiger partial charge is 0.463 e. The third-order valence-corrected chi connectivity index (χ3v) is 4.65. The molecular formula is C21H24N6O4. The predicted molar refractivity (Wildman–Crippen MR) is 111 cm³/mol. The number of hydrogen-bond donors (Lipinski definition) is 1.